The van der Waals surface area contributed by atoms with Gasteiger partial charge in [0.05, 0.1) is 30.9 Å². The van der Waals surface area contributed by atoms with E-state index in [0.717, 1.165) is 54.1 Å². The molecule has 4 aromatic rings. The monoisotopic (exact) mass is 429 g/mol. The molecule has 0 saturated carbocycles. The zero-order valence-corrected chi connectivity index (χ0v) is 18.7. The first-order valence-corrected chi connectivity index (χ1v) is 11.3. The predicted octanol–water partition coefficient (Wildman–Crippen LogP) is 2.06. The van der Waals surface area contributed by atoms with Gasteiger partial charge in [0, 0.05) is 16.5 Å². The van der Waals surface area contributed by atoms with E-state index in [0.29, 0.717) is 0 Å². The second-order valence-corrected chi connectivity index (χ2v) is 8.78. The van der Waals surface area contributed by atoms with Gasteiger partial charge in [-0.25, -0.2) is 0 Å². The molecule has 32 heavy (non-hydrogen) atoms. The molecule has 1 fully saturated rings. The number of nitrogens with one attached hydrogen (secondary N) is 2. The summed E-state index contributed by atoms with van der Waals surface area (Å²) in [4.78, 5) is 3.10. The fourth-order valence-corrected chi connectivity index (χ4v) is 5.13. The predicted molar refractivity (Wildman–Crippen MR) is 127 cm³/mol. The molecule has 5 rings (SSSR count). The molecule has 0 aliphatic carbocycles. The number of para-hydroxylation sites is 1. The second kappa shape index (κ2) is 8.69. The molecule has 3 N–H and O–H groups in total. The molecule has 5 heteroatoms. The van der Waals surface area contributed by atoms with E-state index < -0.39 is 0 Å². The number of rotatable bonds is 5. The third kappa shape index (κ3) is 3.64. The first-order chi connectivity index (χ1) is 15.7. The Bertz CT molecular complexity index is 1210. The van der Waals surface area contributed by atoms with Crippen LogP contribution >= 0.6 is 0 Å². The Morgan fingerprint density at radius 2 is 1.59 bits per heavy atom. The summed E-state index contributed by atoms with van der Waals surface area (Å²) in [5.74, 6) is 0.862. The van der Waals surface area contributed by atoms with Gasteiger partial charge in [-0.05, 0) is 18.2 Å². The van der Waals surface area contributed by atoms with Crippen LogP contribution in [0.5, 0.6) is 5.75 Å². The third-order valence-corrected chi connectivity index (χ3v) is 6.81. The number of aromatic nitrogens is 1. The van der Waals surface area contributed by atoms with E-state index >= 15 is 0 Å². The van der Waals surface area contributed by atoms with Crippen molar-refractivity contribution in [2.45, 2.75) is 6.04 Å². The number of hydrogen-bond acceptors (Lipinski definition) is 2. The summed E-state index contributed by atoms with van der Waals surface area (Å²) in [6.45, 7) is 4.42. The number of likely N-dealkylation sites (N-methyl/N-ethyl adjacent to an activating group) is 1. The number of fused-ring (bicyclic) bond motifs is 1. The number of nitrogens with zero attached hydrogens (tertiary/aromatic N) is 1. The lowest BCUT2D eigenvalue weighted by Gasteiger charge is -2.34. The maximum atomic E-state index is 11.3. The van der Waals surface area contributed by atoms with Crippen LogP contribution in [-0.4, -0.2) is 50.3 Å². The second-order valence-electron chi connectivity index (χ2n) is 8.78. The van der Waals surface area contributed by atoms with Crippen molar-refractivity contribution in [1.82, 2.24) is 4.73 Å². The number of benzene rings is 3. The summed E-state index contributed by atoms with van der Waals surface area (Å²) in [7, 11) is 3.99. The zero-order valence-electron chi connectivity index (χ0n) is 18.7. The highest BCUT2D eigenvalue weighted by molar-refractivity contribution is 5.92. The van der Waals surface area contributed by atoms with Crippen LogP contribution in [0.4, 0.5) is 0 Å². The Kier molecular flexibility index (Phi) is 5.60. The minimum atomic E-state index is 0.0895. The SMILES string of the molecule is COc1cccc([C@@H](c2c(-c3ccccc3)n(O)c3ccccc23)[NH+]2CC[NH+](C)CC2)c1. The molecular formula is C27H31N3O2+2. The molecule has 1 aromatic heterocycles. The van der Waals surface area contributed by atoms with Crippen LogP contribution in [0.25, 0.3) is 22.2 Å². The number of hydrogen-bond donors (Lipinski definition) is 3. The molecule has 1 aliphatic heterocycles. The van der Waals surface area contributed by atoms with Crippen LogP contribution in [-0.2, 0) is 0 Å². The molecule has 1 saturated heterocycles. The highest BCUT2D eigenvalue weighted by Gasteiger charge is 2.36. The maximum Gasteiger partial charge on any atom is 0.142 e. The van der Waals surface area contributed by atoms with Crippen molar-refractivity contribution in [3.8, 4) is 17.0 Å². The normalized spacial score (nSPS) is 19.7. The van der Waals surface area contributed by atoms with Crippen molar-refractivity contribution in [2.75, 3.05) is 40.3 Å². The Hall–Kier alpha value is -3.28. The third-order valence-electron chi connectivity index (χ3n) is 6.81. The van der Waals surface area contributed by atoms with E-state index in [-0.39, 0.29) is 6.04 Å². The Balaban J connectivity index is 1.78. The average molecular weight is 430 g/mol. The topological polar surface area (TPSA) is 43.3 Å². The molecule has 0 amide bonds. The summed E-state index contributed by atoms with van der Waals surface area (Å²) in [5.41, 5.74) is 5.13. The van der Waals surface area contributed by atoms with Crippen molar-refractivity contribution in [2.24, 2.45) is 0 Å². The highest BCUT2D eigenvalue weighted by Crippen LogP contribution is 2.38. The molecule has 2 heterocycles. The summed E-state index contributed by atoms with van der Waals surface area (Å²) in [6, 6.07) is 26.9. The van der Waals surface area contributed by atoms with E-state index in [1.807, 2.05) is 36.4 Å². The quantitative estimate of drug-likeness (QED) is 0.425. The summed E-state index contributed by atoms with van der Waals surface area (Å²) in [5, 5.41) is 12.4. The fourth-order valence-electron chi connectivity index (χ4n) is 5.13. The van der Waals surface area contributed by atoms with Crippen molar-refractivity contribution in [3.05, 3.63) is 90.0 Å². The van der Waals surface area contributed by atoms with Crippen LogP contribution in [0, 0.1) is 0 Å². The molecule has 0 spiro atoms. The van der Waals surface area contributed by atoms with E-state index in [1.165, 1.54) is 20.8 Å². The fraction of sp³-hybridized carbons (Fsp3) is 0.259. The number of piperazine rings is 1. The average Bonchev–Trinajstić information content (AvgIpc) is 3.13. The van der Waals surface area contributed by atoms with Gasteiger partial charge in [0.2, 0.25) is 0 Å². The van der Waals surface area contributed by atoms with Crippen LogP contribution in [0.15, 0.2) is 78.9 Å². The molecule has 3 aromatic carbocycles. The van der Waals surface area contributed by atoms with E-state index in [4.69, 9.17) is 4.74 Å². The zero-order chi connectivity index (χ0) is 22.1. The van der Waals surface area contributed by atoms with Gasteiger partial charge in [0.1, 0.15) is 38.0 Å². The summed E-state index contributed by atoms with van der Waals surface area (Å²) in [6.07, 6.45) is 0. The maximum absolute atomic E-state index is 11.3. The molecule has 1 aliphatic rings. The van der Waals surface area contributed by atoms with Gasteiger partial charge in [0.15, 0.2) is 0 Å². The molecule has 164 valence electrons. The van der Waals surface area contributed by atoms with Gasteiger partial charge in [-0.3, -0.25) is 0 Å². The molecular weight excluding hydrogens is 398 g/mol. The minimum Gasteiger partial charge on any atom is -0.497 e. The van der Waals surface area contributed by atoms with Crippen LogP contribution in [0.3, 0.4) is 0 Å². The number of methoxy groups -OCH3 is 1. The molecule has 0 bridgehead atoms. The van der Waals surface area contributed by atoms with Gasteiger partial charge in [0.25, 0.3) is 0 Å². The molecule has 1 atom stereocenters. The van der Waals surface area contributed by atoms with Crippen molar-refractivity contribution in [1.29, 1.82) is 0 Å². The first-order valence-electron chi connectivity index (χ1n) is 11.3. The lowest BCUT2D eigenvalue weighted by Crippen LogP contribution is -3.27. The van der Waals surface area contributed by atoms with Gasteiger partial charge in [-0.2, -0.15) is 4.73 Å². The van der Waals surface area contributed by atoms with Gasteiger partial charge in [-0.15, -0.1) is 0 Å². The summed E-state index contributed by atoms with van der Waals surface area (Å²) < 4.78 is 6.97. The number of ether oxygens (including phenoxy) is 1. The van der Waals surface area contributed by atoms with Crippen LogP contribution in [0.2, 0.25) is 0 Å². The van der Waals surface area contributed by atoms with E-state index in [1.54, 1.807) is 12.0 Å². The molecule has 0 radical (unpaired) electrons. The molecule has 5 nitrogen and oxygen atoms in total. The number of quaternary nitrogens is 2. The van der Waals surface area contributed by atoms with Crippen molar-refractivity contribution >= 4 is 10.9 Å². The summed E-state index contributed by atoms with van der Waals surface area (Å²) >= 11 is 0. The van der Waals surface area contributed by atoms with Crippen LogP contribution in [0.1, 0.15) is 17.2 Å². The van der Waals surface area contributed by atoms with Crippen molar-refractivity contribution < 1.29 is 19.7 Å². The van der Waals surface area contributed by atoms with E-state index in [2.05, 4.69) is 49.5 Å². The standard InChI is InChI=1S/C27H29N3O2/c1-28-15-17-29(18-16-28)26(21-11-8-12-22(19-21)32-2)25-23-13-6-7-14-24(23)30(31)27(25)20-9-4-3-5-10-20/h3-14,19,26,31H,15-18H2,1-2H3/p+2/t26-/m0/s1. The van der Waals surface area contributed by atoms with E-state index in [9.17, 15) is 5.21 Å². The Labute approximate surface area is 189 Å². The van der Waals surface area contributed by atoms with Gasteiger partial charge in [-0.1, -0.05) is 60.7 Å². The van der Waals surface area contributed by atoms with Crippen LogP contribution < -0.4 is 14.5 Å². The highest BCUT2D eigenvalue weighted by atomic mass is 16.5. The minimum absolute atomic E-state index is 0.0895. The lowest BCUT2D eigenvalue weighted by molar-refractivity contribution is -1.02. The molecule has 0 unspecified atom stereocenters. The lowest BCUT2D eigenvalue weighted by atomic mass is 9.91. The van der Waals surface area contributed by atoms with Gasteiger partial charge >= 0.3 is 0 Å². The Morgan fingerprint density at radius 3 is 2.34 bits per heavy atom. The largest absolute Gasteiger partial charge is 0.497 e. The smallest absolute Gasteiger partial charge is 0.142 e. The Morgan fingerprint density at radius 1 is 0.875 bits per heavy atom. The van der Waals surface area contributed by atoms with Gasteiger partial charge < -0.3 is 19.7 Å². The van der Waals surface area contributed by atoms with Crippen molar-refractivity contribution in [3.63, 3.8) is 0 Å². The first kappa shape index (κ1) is 20.6.